The van der Waals surface area contributed by atoms with Gasteiger partial charge in [0.05, 0.1) is 11.7 Å². The van der Waals surface area contributed by atoms with Crippen molar-refractivity contribution in [3.63, 3.8) is 0 Å². The number of carbonyl (C=O) groups is 1. The van der Waals surface area contributed by atoms with Crippen molar-refractivity contribution >= 4 is 5.97 Å². The van der Waals surface area contributed by atoms with Crippen molar-refractivity contribution in [3.8, 4) is 0 Å². The first-order chi connectivity index (χ1) is 13.7. The molecule has 1 heterocycles. The Morgan fingerprint density at radius 3 is 2.55 bits per heavy atom. The highest BCUT2D eigenvalue weighted by molar-refractivity contribution is 5.83. The summed E-state index contributed by atoms with van der Waals surface area (Å²) in [5.41, 5.74) is 0.263. The minimum atomic E-state index is -1.05. The number of benzene rings is 1. The molecule has 5 nitrogen and oxygen atoms in total. The summed E-state index contributed by atoms with van der Waals surface area (Å²) in [5.74, 6) is -1.30. The van der Waals surface area contributed by atoms with Gasteiger partial charge in [0.1, 0.15) is 11.6 Å². The van der Waals surface area contributed by atoms with Gasteiger partial charge in [-0.25, -0.2) is 9.18 Å². The number of halogens is 1. The van der Waals surface area contributed by atoms with Gasteiger partial charge in [-0.3, -0.25) is 0 Å². The first-order valence-electron chi connectivity index (χ1n) is 10.4. The van der Waals surface area contributed by atoms with E-state index in [1.165, 1.54) is 12.1 Å². The van der Waals surface area contributed by atoms with Crippen molar-refractivity contribution in [2.45, 2.75) is 76.6 Å². The van der Waals surface area contributed by atoms with Gasteiger partial charge < -0.3 is 19.7 Å². The number of aliphatic hydroxyl groups is 2. The summed E-state index contributed by atoms with van der Waals surface area (Å²) in [4.78, 5) is 11.9. The highest BCUT2D eigenvalue weighted by Crippen LogP contribution is 2.42. The first kappa shape index (κ1) is 21.8. The normalized spacial score (nSPS) is 21.3. The minimum absolute atomic E-state index is 0.0917. The van der Waals surface area contributed by atoms with Crippen LogP contribution in [-0.2, 0) is 27.1 Å². The number of aliphatic hydroxyl groups excluding tert-OH is 1. The summed E-state index contributed by atoms with van der Waals surface area (Å²) in [6.45, 7) is 3.25. The lowest BCUT2D eigenvalue weighted by Crippen LogP contribution is -2.41. The fourth-order valence-electron chi connectivity index (χ4n) is 4.49. The molecule has 160 valence electrons. The Morgan fingerprint density at radius 2 is 1.93 bits per heavy atom. The second-order valence-electron chi connectivity index (χ2n) is 8.69. The molecule has 0 spiro atoms. The van der Waals surface area contributed by atoms with Crippen LogP contribution in [0.5, 0.6) is 0 Å². The van der Waals surface area contributed by atoms with Gasteiger partial charge in [-0.1, -0.05) is 25.0 Å². The van der Waals surface area contributed by atoms with E-state index in [1.807, 2.05) is 6.07 Å². The summed E-state index contributed by atoms with van der Waals surface area (Å²) < 4.78 is 25.1. The number of carbonyl (C=O) groups excluding carboxylic acids is 1. The topological polar surface area (TPSA) is 76.0 Å². The molecule has 2 N–H and O–H groups in total. The third-order valence-corrected chi connectivity index (χ3v) is 5.94. The third-order valence-electron chi connectivity index (χ3n) is 5.94. The highest BCUT2D eigenvalue weighted by Gasteiger charge is 2.41. The summed E-state index contributed by atoms with van der Waals surface area (Å²) in [6.07, 6.45) is 6.82. The van der Waals surface area contributed by atoms with E-state index in [0.29, 0.717) is 24.2 Å². The molecule has 2 aliphatic rings. The number of ether oxygens (including phenoxy) is 2. The SMILES string of the molecule is CC1(C)OC(=O)C=C(CC(O)(CCc2ccc(CCO)c(F)c2)C2CCCC2)O1. The zero-order chi connectivity index (χ0) is 21.1. The molecule has 1 fully saturated rings. The summed E-state index contributed by atoms with van der Waals surface area (Å²) in [7, 11) is 0. The Morgan fingerprint density at radius 1 is 1.21 bits per heavy atom. The maximum Gasteiger partial charge on any atom is 0.337 e. The molecule has 29 heavy (non-hydrogen) atoms. The van der Waals surface area contributed by atoms with Crippen LogP contribution in [0, 0.1) is 11.7 Å². The van der Waals surface area contributed by atoms with Crippen molar-refractivity contribution in [2.75, 3.05) is 6.61 Å². The van der Waals surface area contributed by atoms with E-state index in [-0.39, 0.29) is 31.2 Å². The Hall–Kier alpha value is -1.92. The Bertz CT molecular complexity index is 767. The number of aryl methyl sites for hydroxylation is 1. The van der Waals surface area contributed by atoms with E-state index in [4.69, 9.17) is 14.6 Å². The molecule has 0 bridgehead atoms. The van der Waals surface area contributed by atoms with E-state index < -0.39 is 17.4 Å². The van der Waals surface area contributed by atoms with Crippen LogP contribution >= 0.6 is 0 Å². The molecular formula is C23H31FO5. The minimum Gasteiger partial charge on any atom is -0.457 e. The molecule has 1 aromatic carbocycles. The van der Waals surface area contributed by atoms with Gasteiger partial charge in [-0.05, 0) is 55.2 Å². The van der Waals surface area contributed by atoms with Crippen LogP contribution in [0.2, 0.25) is 0 Å². The van der Waals surface area contributed by atoms with E-state index >= 15 is 0 Å². The van der Waals surface area contributed by atoms with Crippen LogP contribution in [0.3, 0.4) is 0 Å². The van der Waals surface area contributed by atoms with Crippen molar-refractivity contribution in [3.05, 3.63) is 47.0 Å². The molecular weight excluding hydrogens is 375 g/mol. The second kappa shape index (κ2) is 8.84. The number of esters is 1. The Balaban J connectivity index is 1.75. The van der Waals surface area contributed by atoms with Crippen molar-refractivity contribution in [1.82, 2.24) is 0 Å². The molecule has 1 unspecified atom stereocenters. The lowest BCUT2D eigenvalue weighted by atomic mass is 9.78. The van der Waals surface area contributed by atoms with Crippen molar-refractivity contribution in [1.29, 1.82) is 0 Å². The predicted molar refractivity (Wildman–Crippen MR) is 106 cm³/mol. The molecule has 0 aromatic heterocycles. The molecule has 0 radical (unpaired) electrons. The average molecular weight is 406 g/mol. The van der Waals surface area contributed by atoms with Gasteiger partial charge in [-0.2, -0.15) is 0 Å². The molecule has 1 saturated carbocycles. The number of rotatable bonds is 8. The zero-order valence-electron chi connectivity index (χ0n) is 17.2. The largest absolute Gasteiger partial charge is 0.457 e. The van der Waals surface area contributed by atoms with E-state index in [0.717, 1.165) is 31.2 Å². The summed E-state index contributed by atoms with van der Waals surface area (Å²) in [5, 5.41) is 20.6. The maximum absolute atomic E-state index is 14.2. The van der Waals surface area contributed by atoms with Crippen LogP contribution in [0.1, 0.15) is 63.5 Å². The number of hydrogen-bond acceptors (Lipinski definition) is 5. The maximum atomic E-state index is 14.2. The fourth-order valence-corrected chi connectivity index (χ4v) is 4.49. The second-order valence-corrected chi connectivity index (χ2v) is 8.69. The molecule has 1 atom stereocenters. The van der Waals surface area contributed by atoms with Crippen molar-refractivity contribution < 1.29 is 28.9 Å². The number of hydrogen-bond donors (Lipinski definition) is 2. The van der Waals surface area contributed by atoms with Gasteiger partial charge in [0.15, 0.2) is 0 Å². The Kier molecular flexibility index (Phi) is 6.64. The average Bonchev–Trinajstić information content (AvgIpc) is 3.16. The smallest absolute Gasteiger partial charge is 0.337 e. The van der Waals surface area contributed by atoms with Gasteiger partial charge in [-0.15, -0.1) is 0 Å². The number of cyclic esters (lactones) is 1. The molecule has 1 aliphatic carbocycles. The van der Waals surface area contributed by atoms with Crippen LogP contribution in [0.4, 0.5) is 4.39 Å². The van der Waals surface area contributed by atoms with Crippen molar-refractivity contribution in [2.24, 2.45) is 5.92 Å². The third kappa shape index (κ3) is 5.58. The Labute approximate surface area is 171 Å². The first-order valence-corrected chi connectivity index (χ1v) is 10.4. The molecule has 1 aliphatic heterocycles. The lowest BCUT2D eigenvalue weighted by molar-refractivity contribution is -0.208. The van der Waals surface area contributed by atoms with Gasteiger partial charge in [0.2, 0.25) is 5.79 Å². The van der Waals surface area contributed by atoms with Gasteiger partial charge >= 0.3 is 5.97 Å². The van der Waals surface area contributed by atoms with Crippen LogP contribution in [-0.4, -0.2) is 34.2 Å². The fraction of sp³-hybridized carbons (Fsp3) is 0.609. The molecule has 0 saturated heterocycles. The lowest BCUT2D eigenvalue weighted by Gasteiger charge is -2.38. The highest BCUT2D eigenvalue weighted by atomic mass is 19.1. The van der Waals surface area contributed by atoms with E-state index in [9.17, 15) is 14.3 Å². The van der Waals surface area contributed by atoms with Gasteiger partial charge in [0, 0.05) is 26.9 Å². The van der Waals surface area contributed by atoms with Crippen LogP contribution < -0.4 is 0 Å². The zero-order valence-corrected chi connectivity index (χ0v) is 17.2. The van der Waals surface area contributed by atoms with Crippen LogP contribution in [0.15, 0.2) is 30.0 Å². The standard InChI is InChI=1S/C23H31FO5/c1-22(2)28-19(14-21(26)29-22)15-23(27,18-5-3-4-6-18)11-9-16-7-8-17(10-12-25)20(24)13-16/h7-8,13-14,18,25,27H,3-6,9-12,15H2,1-2H3. The molecule has 0 amide bonds. The predicted octanol–water partition coefficient (Wildman–Crippen LogP) is 3.80. The molecule has 1 aromatic rings. The monoisotopic (exact) mass is 406 g/mol. The van der Waals surface area contributed by atoms with E-state index in [2.05, 4.69) is 0 Å². The quantitative estimate of drug-likeness (QED) is 0.643. The van der Waals surface area contributed by atoms with E-state index in [1.54, 1.807) is 19.9 Å². The molecule has 6 heteroatoms. The summed E-state index contributed by atoms with van der Waals surface area (Å²) in [6, 6.07) is 5.03. The van der Waals surface area contributed by atoms with Gasteiger partial charge in [0.25, 0.3) is 0 Å². The van der Waals surface area contributed by atoms with Crippen LogP contribution in [0.25, 0.3) is 0 Å². The molecule has 3 rings (SSSR count). The summed E-state index contributed by atoms with van der Waals surface area (Å²) >= 11 is 0.